The second-order valence-electron chi connectivity index (χ2n) is 6.58. The van der Waals surface area contributed by atoms with Crippen molar-refractivity contribution in [3.63, 3.8) is 0 Å². The summed E-state index contributed by atoms with van der Waals surface area (Å²) < 4.78 is 28.2. The minimum absolute atomic E-state index is 0.369. The second-order valence-corrected chi connectivity index (χ2v) is 6.58. The average molecular weight is 389 g/mol. The standard InChI is InChI=1S/C19H21F2N5O2/c1-10(2)16(18(27)22-3)24-19(28)26-15-6-7-23-9-12(15)17(25-26)11-4-5-13(20)14(21)8-11/h4-5,8,16,23H,1,6-7,9H2,2-3H3,(H,22,27)(H,24,28)/t16-/m0/s1. The lowest BCUT2D eigenvalue weighted by atomic mass is 10.0. The van der Waals surface area contributed by atoms with Gasteiger partial charge in [0.2, 0.25) is 5.91 Å². The summed E-state index contributed by atoms with van der Waals surface area (Å²) in [5.74, 6) is -2.34. The number of likely N-dealkylation sites (N-methyl/N-ethyl adjacent to an activating group) is 1. The van der Waals surface area contributed by atoms with Crippen molar-refractivity contribution in [2.45, 2.75) is 25.9 Å². The molecule has 1 aromatic carbocycles. The Hall–Kier alpha value is -3.07. The topological polar surface area (TPSA) is 88.1 Å². The number of carbonyl (C=O) groups is 2. The molecule has 2 amide bonds. The molecule has 2 heterocycles. The first-order chi connectivity index (χ1) is 13.3. The summed E-state index contributed by atoms with van der Waals surface area (Å²) in [6.07, 6.45) is 0.525. The summed E-state index contributed by atoms with van der Waals surface area (Å²) in [6.45, 7) is 6.45. The highest BCUT2D eigenvalue weighted by Gasteiger charge is 2.28. The van der Waals surface area contributed by atoms with Gasteiger partial charge >= 0.3 is 6.03 Å². The van der Waals surface area contributed by atoms with E-state index in [9.17, 15) is 18.4 Å². The van der Waals surface area contributed by atoms with Crippen molar-refractivity contribution >= 4 is 11.9 Å². The van der Waals surface area contributed by atoms with Crippen LogP contribution in [0.25, 0.3) is 11.3 Å². The number of halogens is 2. The Morgan fingerprint density at radius 2 is 2.07 bits per heavy atom. The smallest absolute Gasteiger partial charge is 0.343 e. The number of fused-ring (bicyclic) bond motifs is 1. The third kappa shape index (κ3) is 3.65. The molecule has 1 aromatic heterocycles. The molecular formula is C19H21F2N5O2. The van der Waals surface area contributed by atoms with Crippen LogP contribution in [0.5, 0.6) is 0 Å². The fraction of sp³-hybridized carbons (Fsp3) is 0.316. The van der Waals surface area contributed by atoms with Gasteiger partial charge in [0.15, 0.2) is 11.6 Å². The van der Waals surface area contributed by atoms with Crippen LogP contribution in [0.1, 0.15) is 18.2 Å². The van der Waals surface area contributed by atoms with Crippen LogP contribution in [0.4, 0.5) is 13.6 Å². The number of aromatic nitrogens is 2. The highest BCUT2D eigenvalue weighted by molar-refractivity contribution is 5.90. The first kappa shape index (κ1) is 19.7. The Labute approximate surface area is 160 Å². The van der Waals surface area contributed by atoms with E-state index in [2.05, 4.69) is 27.6 Å². The Balaban J connectivity index is 2.01. The summed E-state index contributed by atoms with van der Waals surface area (Å²) in [5.41, 5.74) is 2.63. The van der Waals surface area contributed by atoms with E-state index in [0.717, 1.165) is 17.7 Å². The molecule has 0 bridgehead atoms. The van der Waals surface area contributed by atoms with Crippen molar-refractivity contribution < 1.29 is 18.4 Å². The third-order valence-corrected chi connectivity index (χ3v) is 4.58. The number of rotatable bonds is 4. The summed E-state index contributed by atoms with van der Waals surface area (Å²) in [5, 5.41) is 12.6. The molecular weight excluding hydrogens is 368 g/mol. The molecule has 3 rings (SSSR count). The lowest BCUT2D eigenvalue weighted by Gasteiger charge is -2.19. The van der Waals surface area contributed by atoms with Gasteiger partial charge in [-0.05, 0) is 30.7 Å². The van der Waals surface area contributed by atoms with Gasteiger partial charge < -0.3 is 16.0 Å². The maximum absolute atomic E-state index is 13.7. The summed E-state index contributed by atoms with van der Waals surface area (Å²) in [7, 11) is 1.47. The van der Waals surface area contributed by atoms with Crippen molar-refractivity contribution in [2.75, 3.05) is 13.6 Å². The van der Waals surface area contributed by atoms with E-state index in [0.29, 0.717) is 42.0 Å². The van der Waals surface area contributed by atoms with E-state index in [-0.39, 0.29) is 0 Å². The van der Waals surface area contributed by atoms with Gasteiger partial charge in [0, 0.05) is 37.7 Å². The fourth-order valence-electron chi connectivity index (χ4n) is 3.13. The molecule has 0 saturated heterocycles. The fourth-order valence-corrected chi connectivity index (χ4v) is 3.13. The lowest BCUT2D eigenvalue weighted by Crippen LogP contribution is -2.48. The maximum atomic E-state index is 13.7. The highest BCUT2D eigenvalue weighted by Crippen LogP contribution is 2.28. The molecule has 3 N–H and O–H groups in total. The van der Waals surface area contributed by atoms with Crippen LogP contribution in [0.15, 0.2) is 30.4 Å². The third-order valence-electron chi connectivity index (χ3n) is 4.58. The van der Waals surface area contributed by atoms with E-state index >= 15 is 0 Å². The number of hydrogen-bond donors (Lipinski definition) is 3. The Morgan fingerprint density at radius 1 is 1.32 bits per heavy atom. The van der Waals surface area contributed by atoms with Crippen molar-refractivity contribution in [1.82, 2.24) is 25.7 Å². The van der Waals surface area contributed by atoms with Gasteiger partial charge in [-0.2, -0.15) is 9.78 Å². The van der Waals surface area contributed by atoms with Crippen LogP contribution in [-0.4, -0.2) is 41.4 Å². The van der Waals surface area contributed by atoms with Crippen molar-refractivity contribution in [1.29, 1.82) is 0 Å². The van der Waals surface area contributed by atoms with Crippen LogP contribution in [0.3, 0.4) is 0 Å². The van der Waals surface area contributed by atoms with Gasteiger partial charge in [0.1, 0.15) is 6.04 Å². The Bertz CT molecular complexity index is 954. The van der Waals surface area contributed by atoms with Crippen LogP contribution >= 0.6 is 0 Å². The van der Waals surface area contributed by atoms with Gasteiger partial charge in [-0.25, -0.2) is 13.6 Å². The molecule has 1 aliphatic rings. The maximum Gasteiger partial charge on any atom is 0.343 e. The molecule has 2 aromatic rings. The molecule has 0 saturated carbocycles. The van der Waals surface area contributed by atoms with Crippen molar-refractivity contribution in [3.05, 3.63) is 53.2 Å². The van der Waals surface area contributed by atoms with E-state index in [4.69, 9.17) is 0 Å². The monoisotopic (exact) mass is 389 g/mol. The molecule has 0 radical (unpaired) electrons. The van der Waals surface area contributed by atoms with E-state index in [1.165, 1.54) is 17.8 Å². The first-order valence-electron chi connectivity index (χ1n) is 8.78. The number of hydrogen-bond acceptors (Lipinski definition) is 4. The lowest BCUT2D eigenvalue weighted by molar-refractivity contribution is -0.121. The molecule has 0 fully saturated rings. The van der Waals surface area contributed by atoms with Crippen LogP contribution in [-0.2, 0) is 17.8 Å². The zero-order valence-corrected chi connectivity index (χ0v) is 15.6. The van der Waals surface area contributed by atoms with Crippen LogP contribution < -0.4 is 16.0 Å². The quantitative estimate of drug-likeness (QED) is 0.695. The Morgan fingerprint density at radius 3 is 2.71 bits per heavy atom. The first-order valence-corrected chi connectivity index (χ1v) is 8.78. The number of nitrogens with zero attached hydrogens (tertiary/aromatic N) is 2. The van der Waals surface area contributed by atoms with Crippen molar-refractivity contribution in [2.24, 2.45) is 0 Å². The largest absolute Gasteiger partial charge is 0.357 e. The minimum Gasteiger partial charge on any atom is -0.357 e. The highest BCUT2D eigenvalue weighted by atomic mass is 19.2. The van der Waals surface area contributed by atoms with E-state index < -0.39 is 29.6 Å². The second kappa shape index (κ2) is 7.89. The molecule has 0 unspecified atom stereocenters. The van der Waals surface area contributed by atoms with E-state index in [1.807, 2.05) is 0 Å². The number of amides is 2. The molecule has 148 valence electrons. The number of carbonyl (C=O) groups excluding carboxylic acids is 2. The van der Waals surface area contributed by atoms with Crippen molar-refractivity contribution in [3.8, 4) is 11.3 Å². The predicted octanol–water partition coefficient (Wildman–Crippen LogP) is 1.72. The minimum atomic E-state index is -0.990. The number of nitrogens with one attached hydrogen (secondary N) is 3. The summed E-state index contributed by atoms with van der Waals surface area (Å²) in [6, 6.07) is 1.99. The SMILES string of the molecule is C=C(C)[C@H](NC(=O)n1nc(-c2ccc(F)c(F)c2)c2c1CCNC2)C(=O)NC. The molecule has 0 spiro atoms. The van der Waals surface area contributed by atoms with Gasteiger partial charge in [0.05, 0.1) is 11.4 Å². The van der Waals surface area contributed by atoms with Gasteiger partial charge in [-0.3, -0.25) is 4.79 Å². The summed E-state index contributed by atoms with van der Waals surface area (Å²) >= 11 is 0. The summed E-state index contributed by atoms with van der Waals surface area (Å²) in [4.78, 5) is 24.8. The predicted molar refractivity (Wildman–Crippen MR) is 99.6 cm³/mol. The Kier molecular flexibility index (Phi) is 5.55. The molecule has 0 aliphatic carbocycles. The molecule has 9 heteroatoms. The van der Waals surface area contributed by atoms with Gasteiger partial charge in [0.25, 0.3) is 0 Å². The molecule has 28 heavy (non-hydrogen) atoms. The molecule has 1 atom stereocenters. The normalized spacial score (nSPS) is 14.1. The van der Waals surface area contributed by atoms with Gasteiger partial charge in [-0.15, -0.1) is 0 Å². The zero-order valence-electron chi connectivity index (χ0n) is 15.6. The van der Waals surface area contributed by atoms with Gasteiger partial charge in [-0.1, -0.05) is 6.58 Å². The average Bonchev–Trinajstić information content (AvgIpc) is 3.07. The number of benzene rings is 1. The van der Waals surface area contributed by atoms with Crippen LogP contribution in [0, 0.1) is 11.6 Å². The molecule has 7 nitrogen and oxygen atoms in total. The van der Waals surface area contributed by atoms with Crippen LogP contribution in [0.2, 0.25) is 0 Å². The molecule has 1 aliphatic heterocycles. The zero-order chi connectivity index (χ0) is 20.4. The van der Waals surface area contributed by atoms with E-state index in [1.54, 1.807) is 6.92 Å².